The van der Waals surface area contributed by atoms with Crippen molar-refractivity contribution < 1.29 is 28.5 Å². The standard InChI is InChI=1S/C32H39FN6O6Si/c1-21-30(46(2,3)33)28(12-15-36-20-23(13-16-40)34-35-36)45-32(21)26-18-25(39(43)44)10-11-27(26)38(31(32)42)19-22-7-6-8-24(17-22)37-14-5-4-9-29(37)41/h6-8,10-11,17-18,20-21,28,30,40H,4-5,9,12-16,19H2,1-3H3/t21-,28+,30-,32+/m1/s1. The number of aliphatic hydroxyl groups excluding tert-OH is 1. The molecular weight excluding hydrogens is 611 g/mol. The molecule has 4 atom stereocenters. The number of anilines is 2. The van der Waals surface area contributed by atoms with Gasteiger partial charge in [0.2, 0.25) is 14.3 Å². The number of amides is 2. The highest BCUT2D eigenvalue weighted by molar-refractivity contribution is 6.72. The van der Waals surface area contributed by atoms with Crippen LogP contribution in [-0.4, -0.2) is 64.5 Å². The lowest BCUT2D eigenvalue weighted by atomic mass is 9.82. The summed E-state index contributed by atoms with van der Waals surface area (Å²) in [5.74, 6) is -0.928. The van der Waals surface area contributed by atoms with Crippen LogP contribution in [0.3, 0.4) is 0 Å². The molecule has 2 fully saturated rings. The van der Waals surface area contributed by atoms with E-state index in [0.29, 0.717) is 49.3 Å². The van der Waals surface area contributed by atoms with Crippen molar-refractivity contribution in [3.05, 3.63) is 75.6 Å². The third-order valence-electron chi connectivity index (χ3n) is 9.64. The smallest absolute Gasteiger partial charge is 0.269 e. The normalized spacial score (nSPS) is 24.7. The largest absolute Gasteiger partial charge is 0.396 e. The summed E-state index contributed by atoms with van der Waals surface area (Å²) in [6.45, 7) is 6.12. The molecule has 4 heterocycles. The fourth-order valence-corrected chi connectivity index (χ4v) is 10.1. The molecule has 0 aliphatic carbocycles. The van der Waals surface area contributed by atoms with E-state index in [2.05, 4.69) is 10.3 Å². The number of halogens is 1. The molecule has 0 unspecified atom stereocenters. The van der Waals surface area contributed by atoms with Crippen LogP contribution in [-0.2, 0) is 39.4 Å². The molecular formula is C32H39FN6O6Si. The number of hydrogen-bond donors (Lipinski definition) is 1. The Morgan fingerprint density at radius 2 is 2.00 bits per heavy atom. The van der Waals surface area contributed by atoms with Gasteiger partial charge >= 0.3 is 0 Å². The van der Waals surface area contributed by atoms with Crippen LogP contribution in [0, 0.1) is 16.0 Å². The number of ether oxygens (including phenoxy) is 1. The van der Waals surface area contributed by atoms with Gasteiger partial charge in [0.25, 0.3) is 11.6 Å². The third kappa shape index (κ3) is 5.62. The van der Waals surface area contributed by atoms with Gasteiger partial charge in [-0.05, 0) is 56.1 Å². The predicted octanol–water partition coefficient (Wildman–Crippen LogP) is 4.65. The fourth-order valence-electron chi connectivity index (χ4n) is 7.60. The molecule has 3 aliphatic rings. The zero-order chi connectivity index (χ0) is 32.8. The van der Waals surface area contributed by atoms with Crippen molar-refractivity contribution in [3.63, 3.8) is 0 Å². The van der Waals surface area contributed by atoms with Crippen molar-refractivity contribution >= 4 is 37.3 Å². The molecule has 2 saturated heterocycles. The van der Waals surface area contributed by atoms with Gasteiger partial charge < -0.3 is 23.8 Å². The Morgan fingerprint density at radius 1 is 1.20 bits per heavy atom. The highest BCUT2D eigenvalue weighted by atomic mass is 28.4. The van der Waals surface area contributed by atoms with Crippen molar-refractivity contribution in [1.29, 1.82) is 0 Å². The van der Waals surface area contributed by atoms with Crippen molar-refractivity contribution in [2.45, 2.75) is 82.5 Å². The molecule has 1 N–H and O–H groups in total. The second-order valence-corrected chi connectivity index (χ2v) is 16.8. The Morgan fingerprint density at radius 3 is 2.72 bits per heavy atom. The lowest BCUT2D eigenvalue weighted by Gasteiger charge is -2.31. The summed E-state index contributed by atoms with van der Waals surface area (Å²) in [5.41, 5.74) is 0.670. The van der Waals surface area contributed by atoms with E-state index in [4.69, 9.17) is 4.74 Å². The lowest BCUT2D eigenvalue weighted by Crippen LogP contribution is -2.45. The summed E-state index contributed by atoms with van der Waals surface area (Å²) in [6.07, 6.45) is 4.07. The van der Waals surface area contributed by atoms with E-state index in [9.17, 15) is 24.8 Å². The van der Waals surface area contributed by atoms with Gasteiger partial charge in [0.05, 0.1) is 29.0 Å². The van der Waals surface area contributed by atoms with Crippen LogP contribution in [0.4, 0.5) is 21.2 Å². The van der Waals surface area contributed by atoms with Crippen LogP contribution in [0.25, 0.3) is 0 Å². The highest BCUT2D eigenvalue weighted by Gasteiger charge is 2.66. The summed E-state index contributed by atoms with van der Waals surface area (Å²) in [7, 11) is -3.45. The number of nitro benzene ring substituents is 1. The maximum absolute atomic E-state index is 16.2. The van der Waals surface area contributed by atoms with Crippen molar-refractivity contribution in [1.82, 2.24) is 15.0 Å². The molecule has 46 heavy (non-hydrogen) atoms. The van der Waals surface area contributed by atoms with Gasteiger partial charge in [0.15, 0.2) is 5.60 Å². The first kappa shape index (κ1) is 31.9. The van der Waals surface area contributed by atoms with Gasteiger partial charge in [-0.1, -0.05) is 24.3 Å². The van der Waals surface area contributed by atoms with E-state index in [1.807, 2.05) is 31.2 Å². The molecule has 12 nitrogen and oxygen atoms in total. The van der Waals surface area contributed by atoms with Crippen molar-refractivity contribution in [3.8, 4) is 0 Å². The minimum absolute atomic E-state index is 0.0565. The molecule has 14 heteroatoms. The van der Waals surface area contributed by atoms with Gasteiger partial charge in [-0.3, -0.25) is 24.4 Å². The van der Waals surface area contributed by atoms with Gasteiger partial charge in [-0.15, -0.1) is 5.10 Å². The quantitative estimate of drug-likeness (QED) is 0.145. The molecule has 3 aromatic rings. The second-order valence-electron chi connectivity index (χ2n) is 13.0. The molecule has 0 bridgehead atoms. The number of nitrogens with zero attached hydrogens (tertiary/aromatic N) is 6. The minimum atomic E-state index is -3.45. The summed E-state index contributed by atoms with van der Waals surface area (Å²) >= 11 is 0. The number of nitro groups is 1. The topological polar surface area (TPSA) is 144 Å². The summed E-state index contributed by atoms with van der Waals surface area (Å²) in [6, 6.07) is 11.9. The van der Waals surface area contributed by atoms with Crippen LogP contribution in [0.5, 0.6) is 0 Å². The maximum atomic E-state index is 16.2. The Kier molecular flexibility index (Phi) is 8.54. The lowest BCUT2D eigenvalue weighted by molar-refractivity contribution is -0.385. The Hall–Kier alpha value is -4.01. The number of hydrogen-bond acceptors (Lipinski definition) is 8. The number of benzene rings is 2. The summed E-state index contributed by atoms with van der Waals surface area (Å²) < 4.78 is 24.6. The van der Waals surface area contributed by atoms with E-state index in [0.717, 1.165) is 24.1 Å². The average molecular weight is 651 g/mol. The van der Waals surface area contributed by atoms with Crippen molar-refractivity contribution in [2.75, 3.05) is 23.0 Å². The molecule has 3 aliphatic heterocycles. The first-order valence-electron chi connectivity index (χ1n) is 15.8. The van der Waals surface area contributed by atoms with Gasteiger partial charge in [0, 0.05) is 73.6 Å². The number of rotatable bonds is 10. The van der Waals surface area contributed by atoms with Crippen molar-refractivity contribution in [2.24, 2.45) is 5.92 Å². The second kappa shape index (κ2) is 12.3. The average Bonchev–Trinajstić information content (AvgIpc) is 3.66. The number of carbonyl (C=O) groups is 2. The molecule has 0 radical (unpaired) electrons. The van der Waals surface area contributed by atoms with E-state index in [1.54, 1.807) is 39.8 Å². The number of non-ortho nitro benzene ring substituents is 1. The number of fused-ring (bicyclic) bond motifs is 2. The third-order valence-corrected chi connectivity index (χ3v) is 12.1. The van der Waals surface area contributed by atoms with E-state index < -0.39 is 36.5 Å². The number of aliphatic hydroxyl groups is 1. The van der Waals surface area contributed by atoms with Crippen LogP contribution in [0.2, 0.25) is 18.6 Å². The maximum Gasteiger partial charge on any atom is 0.269 e. The van der Waals surface area contributed by atoms with E-state index in [1.165, 1.54) is 12.1 Å². The Bertz CT molecular complexity index is 1660. The monoisotopic (exact) mass is 650 g/mol. The predicted molar refractivity (Wildman–Crippen MR) is 170 cm³/mol. The first-order chi connectivity index (χ1) is 21.9. The zero-order valence-electron chi connectivity index (χ0n) is 26.3. The molecule has 2 amide bonds. The zero-order valence-corrected chi connectivity index (χ0v) is 27.3. The Labute approximate surface area is 267 Å². The summed E-state index contributed by atoms with van der Waals surface area (Å²) in [4.78, 5) is 42.1. The fraction of sp³-hybridized carbons (Fsp3) is 0.500. The Balaban J connectivity index is 1.36. The number of piperidine rings is 1. The molecule has 1 spiro atoms. The van der Waals surface area contributed by atoms with Gasteiger partial charge in [-0.2, -0.15) is 0 Å². The molecule has 2 aromatic carbocycles. The first-order valence-corrected chi connectivity index (χ1v) is 18.8. The van der Waals surface area contributed by atoms with Crippen LogP contribution < -0.4 is 9.80 Å². The molecule has 1 aromatic heterocycles. The minimum Gasteiger partial charge on any atom is -0.396 e. The molecule has 244 valence electrons. The van der Waals surface area contributed by atoms with E-state index >= 15 is 4.11 Å². The highest BCUT2D eigenvalue weighted by Crippen LogP contribution is 2.60. The summed E-state index contributed by atoms with van der Waals surface area (Å²) in [5, 5.41) is 29.3. The number of aromatic nitrogens is 3. The van der Waals surface area contributed by atoms with E-state index in [-0.39, 0.29) is 30.7 Å². The SMILES string of the molecule is C[C@@H]1[C@@H]([Si](C)(C)F)[C@H](CCn2cc(CCO)nn2)O[C@@]12C(=O)N(Cc1cccc(N3CCCCC3=O)c1)c1ccc([N+](=O)[O-])cc12. The van der Waals surface area contributed by atoms with Crippen LogP contribution >= 0.6 is 0 Å². The number of aryl methyl sites for hydroxylation is 1. The van der Waals surface area contributed by atoms with Gasteiger partial charge in [-0.25, -0.2) is 0 Å². The number of carbonyl (C=O) groups excluding carboxylic acids is 2. The molecule has 6 rings (SSSR count). The van der Waals surface area contributed by atoms with Gasteiger partial charge in [0.1, 0.15) is 0 Å². The molecule has 0 saturated carbocycles. The van der Waals surface area contributed by atoms with Crippen LogP contribution in [0.15, 0.2) is 48.7 Å². The van der Waals surface area contributed by atoms with Crippen LogP contribution in [0.1, 0.15) is 49.4 Å².